The van der Waals surface area contributed by atoms with E-state index in [0.29, 0.717) is 13.1 Å². The van der Waals surface area contributed by atoms with Gasteiger partial charge in [0.2, 0.25) is 0 Å². The molecule has 1 aromatic carbocycles. The van der Waals surface area contributed by atoms with Crippen molar-refractivity contribution < 1.29 is 26.7 Å². The molecule has 4 rings (SSSR count). The summed E-state index contributed by atoms with van der Waals surface area (Å²) in [5.41, 5.74) is 2.23. The Labute approximate surface area is 188 Å². The second kappa shape index (κ2) is 9.30. The van der Waals surface area contributed by atoms with Crippen LogP contribution in [-0.4, -0.2) is 23.3 Å². The fourth-order valence-electron chi connectivity index (χ4n) is 3.24. The van der Waals surface area contributed by atoms with Crippen molar-refractivity contribution in [1.29, 1.82) is 0 Å². The van der Waals surface area contributed by atoms with Crippen molar-refractivity contribution in [3.63, 3.8) is 0 Å². The van der Waals surface area contributed by atoms with Gasteiger partial charge in [-0.05, 0) is 30.7 Å². The molecule has 0 saturated heterocycles. The Balaban J connectivity index is 0.00000240. The van der Waals surface area contributed by atoms with Crippen molar-refractivity contribution in [2.24, 2.45) is 0 Å². The maximum Gasteiger partial charge on any atom is 0.271 e. The quantitative estimate of drug-likeness (QED) is 0.444. The van der Waals surface area contributed by atoms with E-state index in [-0.39, 0.29) is 29.1 Å². The highest BCUT2D eigenvalue weighted by Crippen LogP contribution is 2.44. The maximum absolute atomic E-state index is 13.1. The Morgan fingerprint density at radius 1 is 1.17 bits per heavy atom. The first-order chi connectivity index (χ1) is 13.6. The summed E-state index contributed by atoms with van der Waals surface area (Å²) < 4.78 is 5.49. The molecule has 0 bridgehead atoms. The summed E-state index contributed by atoms with van der Waals surface area (Å²) in [7, 11) is 2.02. The van der Waals surface area contributed by atoms with Gasteiger partial charge in [0.15, 0.2) is 18.9 Å². The minimum absolute atomic E-state index is 0. The van der Waals surface area contributed by atoms with Gasteiger partial charge in [0.25, 0.3) is 5.56 Å². The third kappa shape index (κ3) is 4.21. The van der Waals surface area contributed by atoms with Gasteiger partial charge < -0.3 is 27.0 Å². The van der Waals surface area contributed by atoms with Crippen LogP contribution in [0.25, 0.3) is 11.1 Å². The lowest BCUT2D eigenvalue weighted by Crippen LogP contribution is -3.00. The first-order valence-corrected chi connectivity index (χ1v) is 10.8. The standard InChI is InChI=1S/C21H22N3O2S2.BrH/c1-3-24-18(14-15-8-10-23(11-9-15)12-13-25)28-19(20(24)26)21-22(2)16-6-4-5-7-17(16)27-21;/h4-11,14,25H,3,12-13H2,1-2H3;1H/q+1;/p-1/b21-19+;. The monoisotopic (exact) mass is 491 g/mol. The van der Waals surface area contributed by atoms with E-state index in [1.54, 1.807) is 23.1 Å². The highest BCUT2D eigenvalue weighted by Gasteiger charge is 2.24. The number of benzene rings is 1. The number of hydrogen-bond acceptors (Lipinski definition) is 5. The van der Waals surface area contributed by atoms with Crippen LogP contribution < -0.4 is 41.2 Å². The number of fused-ring (bicyclic) bond motifs is 1. The zero-order chi connectivity index (χ0) is 19.7. The maximum atomic E-state index is 13.1. The lowest BCUT2D eigenvalue weighted by atomic mass is 10.2. The topological polar surface area (TPSA) is 49.4 Å². The van der Waals surface area contributed by atoms with Crippen molar-refractivity contribution in [3.8, 4) is 0 Å². The van der Waals surface area contributed by atoms with Gasteiger partial charge in [0.05, 0.1) is 10.4 Å². The summed E-state index contributed by atoms with van der Waals surface area (Å²) in [5.74, 6) is 0. The number of hydrogen-bond donors (Lipinski definition) is 1. The molecule has 1 N–H and O–H groups in total. The van der Waals surface area contributed by atoms with Gasteiger partial charge in [-0.1, -0.05) is 23.9 Å². The third-order valence-corrected chi connectivity index (χ3v) is 7.21. The van der Waals surface area contributed by atoms with Gasteiger partial charge in [-0.2, -0.15) is 0 Å². The number of para-hydroxylation sites is 1. The van der Waals surface area contributed by atoms with E-state index in [0.717, 1.165) is 25.5 Å². The van der Waals surface area contributed by atoms with Crippen LogP contribution >= 0.6 is 23.1 Å². The summed E-state index contributed by atoms with van der Waals surface area (Å²) in [6.45, 7) is 3.32. The van der Waals surface area contributed by atoms with Crippen molar-refractivity contribution >= 4 is 39.9 Å². The van der Waals surface area contributed by atoms with Crippen LogP contribution in [0.3, 0.4) is 0 Å². The normalized spacial score (nSPS) is 15.4. The number of anilines is 1. The molecule has 0 aliphatic carbocycles. The number of pyridine rings is 1. The zero-order valence-electron chi connectivity index (χ0n) is 16.2. The van der Waals surface area contributed by atoms with Gasteiger partial charge in [0.1, 0.15) is 16.2 Å². The molecule has 0 atom stereocenters. The van der Waals surface area contributed by atoms with Gasteiger partial charge in [-0.25, -0.2) is 4.57 Å². The van der Waals surface area contributed by atoms with E-state index in [4.69, 9.17) is 5.11 Å². The largest absolute Gasteiger partial charge is 1.00 e. The fourth-order valence-corrected chi connectivity index (χ4v) is 5.72. The molecule has 1 aliphatic rings. The zero-order valence-corrected chi connectivity index (χ0v) is 19.4. The van der Waals surface area contributed by atoms with Crippen LogP contribution in [0.15, 0.2) is 58.5 Å². The average molecular weight is 492 g/mol. The number of aliphatic hydroxyl groups is 1. The second-order valence-electron chi connectivity index (χ2n) is 6.49. The van der Waals surface area contributed by atoms with Gasteiger partial charge >= 0.3 is 0 Å². The Bertz CT molecular complexity index is 1190. The van der Waals surface area contributed by atoms with Crippen LogP contribution in [0.2, 0.25) is 0 Å². The summed E-state index contributed by atoms with van der Waals surface area (Å²) in [6.07, 6.45) is 5.93. The molecule has 2 aromatic heterocycles. The number of halogens is 1. The number of aromatic nitrogens is 2. The molecule has 1 aliphatic heterocycles. The molecule has 0 unspecified atom stereocenters. The molecule has 0 spiro atoms. The minimum Gasteiger partial charge on any atom is -1.00 e. The van der Waals surface area contributed by atoms with Gasteiger partial charge in [0, 0.05) is 30.6 Å². The molecule has 152 valence electrons. The Hall–Kier alpha value is -1.87. The van der Waals surface area contributed by atoms with Crippen LogP contribution in [0.5, 0.6) is 0 Å². The number of nitrogens with zero attached hydrogens (tertiary/aromatic N) is 3. The molecule has 0 amide bonds. The molecule has 3 heterocycles. The molecule has 5 nitrogen and oxygen atoms in total. The van der Waals surface area contributed by atoms with E-state index in [2.05, 4.69) is 23.1 Å². The van der Waals surface area contributed by atoms with Crippen LogP contribution in [0, 0.1) is 0 Å². The van der Waals surface area contributed by atoms with Gasteiger partial charge in [-0.15, -0.1) is 11.3 Å². The Kier molecular flexibility index (Phi) is 7.00. The molecule has 0 fully saturated rings. The van der Waals surface area contributed by atoms with Crippen LogP contribution in [-0.2, 0) is 13.1 Å². The van der Waals surface area contributed by atoms with Gasteiger partial charge in [-0.3, -0.25) is 9.36 Å². The van der Waals surface area contributed by atoms with E-state index >= 15 is 0 Å². The second-order valence-corrected chi connectivity index (χ2v) is 8.55. The summed E-state index contributed by atoms with van der Waals surface area (Å²) in [6, 6.07) is 12.2. The summed E-state index contributed by atoms with van der Waals surface area (Å²) in [4.78, 5) is 16.4. The molecular formula is C21H22BrN3O2S2. The van der Waals surface area contributed by atoms with E-state index in [1.807, 2.05) is 59.8 Å². The molecule has 3 aromatic rings. The Morgan fingerprint density at radius 3 is 2.55 bits per heavy atom. The van der Waals surface area contributed by atoms with E-state index in [1.165, 1.54) is 4.90 Å². The van der Waals surface area contributed by atoms with Crippen molar-refractivity contribution in [1.82, 2.24) is 4.57 Å². The van der Waals surface area contributed by atoms with Crippen molar-refractivity contribution in [2.45, 2.75) is 24.9 Å². The minimum atomic E-state index is 0. The van der Waals surface area contributed by atoms with Crippen LogP contribution in [0.4, 0.5) is 5.69 Å². The van der Waals surface area contributed by atoms with E-state index in [9.17, 15) is 4.79 Å². The summed E-state index contributed by atoms with van der Waals surface area (Å²) >= 11 is 3.20. The summed E-state index contributed by atoms with van der Waals surface area (Å²) in [5, 5.41) is 10.0. The molecular weight excluding hydrogens is 470 g/mol. The number of rotatable bonds is 4. The van der Waals surface area contributed by atoms with Crippen LogP contribution in [0.1, 0.15) is 12.5 Å². The smallest absolute Gasteiger partial charge is 0.271 e. The number of aliphatic hydroxyl groups excluding tert-OH is 1. The van der Waals surface area contributed by atoms with Crippen molar-refractivity contribution in [2.75, 3.05) is 18.6 Å². The highest BCUT2D eigenvalue weighted by molar-refractivity contribution is 8.08. The first-order valence-electron chi connectivity index (χ1n) is 9.18. The fraction of sp³-hybridized carbons (Fsp3) is 0.238. The predicted molar refractivity (Wildman–Crippen MR) is 115 cm³/mol. The lowest BCUT2D eigenvalue weighted by Gasteiger charge is -2.11. The number of thiazole rings is 1. The molecule has 29 heavy (non-hydrogen) atoms. The lowest BCUT2D eigenvalue weighted by molar-refractivity contribution is -0.698. The van der Waals surface area contributed by atoms with Crippen molar-refractivity contribution in [3.05, 3.63) is 73.9 Å². The molecule has 8 heteroatoms. The third-order valence-electron chi connectivity index (χ3n) is 4.73. The predicted octanol–water partition coefficient (Wildman–Crippen LogP) is -1.65. The molecule has 0 radical (unpaired) electrons. The SMILES string of the molecule is CCn1c(=O)/c(=C2\Sc3ccccc3N2C)s/c1=C/c1cc[n+](CCO)cc1.[Br-]. The Morgan fingerprint density at radius 2 is 1.90 bits per heavy atom. The molecule has 0 saturated carbocycles. The first kappa shape index (κ1) is 21.8. The number of thioether (sulfide) groups is 1. The highest BCUT2D eigenvalue weighted by atomic mass is 79.9. The van der Waals surface area contributed by atoms with E-state index < -0.39 is 0 Å². The average Bonchev–Trinajstić information content (AvgIpc) is 3.20.